The number of nitrogens with one attached hydrogen (secondary N) is 1. The average molecular weight is 450 g/mol. The van der Waals surface area contributed by atoms with E-state index < -0.39 is 5.91 Å². The number of amides is 1. The average Bonchev–Trinajstić information content (AvgIpc) is 3.07. The van der Waals surface area contributed by atoms with E-state index in [9.17, 15) is 4.79 Å². The molecule has 0 unspecified atom stereocenters. The Morgan fingerprint density at radius 3 is 2.81 bits per heavy atom. The van der Waals surface area contributed by atoms with Crippen molar-refractivity contribution in [2.45, 2.75) is 6.54 Å². The molecule has 1 fully saturated rings. The van der Waals surface area contributed by atoms with Gasteiger partial charge < -0.3 is 14.2 Å². The zero-order valence-electron chi connectivity index (χ0n) is 17.3. The van der Waals surface area contributed by atoms with E-state index in [1.54, 1.807) is 0 Å². The number of morpholine rings is 1. The molecule has 1 amide bonds. The fourth-order valence-corrected chi connectivity index (χ4v) is 3.25. The third-order valence-corrected chi connectivity index (χ3v) is 4.80. The number of nitrogens with zero attached hydrogens (tertiary/aromatic N) is 8. The topological polar surface area (TPSA) is 133 Å². The number of aliphatic imine (C=N–C) groups is 2. The van der Waals surface area contributed by atoms with Gasteiger partial charge in [-0.1, -0.05) is 0 Å². The van der Waals surface area contributed by atoms with Crippen LogP contribution in [0.5, 0.6) is 0 Å². The number of halogens is 1. The normalized spacial score (nSPS) is 15.3. The van der Waals surface area contributed by atoms with Crippen molar-refractivity contribution in [2.75, 3.05) is 44.9 Å². The molecule has 1 aliphatic heterocycles. The lowest BCUT2D eigenvalue weighted by Crippen LogP contribution is -2.37. The van der Waals surface area contributed by atoms with Crippen molar-refractivity contribution < 1.29 is 14.7 Å². The molecule has 0 spiro atoms. The van der Waals surface area contributed by atoms with Crippen LogP contribution in [0.15, 0.2) is 21.8 Å². The van der Waals surface area contributed by atoms with Gasteiger partial charge in [-0.25, -0.2) is 10.5 Å². The highest BCUT2D eigenvalue weighted by Crippen LogP contribution is 2.26. The van der Waals surface area contributed by atoms with E-state index in [-0.39, 0.29) is 17.5 Å². The Labute approximate surface area is 183 Å². The summed E-state index contributed by atoms with van der Waals surface area (Å²) in [5.41, 5.74) is 2.95. The zero-order chi connectivity index (χ0) is 22.4. The summed E-state index contributed by atoms with van der Waals surface area (Å²) in [4.78, 5) is 36.8. The number of hydrogen-bond acceptors (Lipinski definition) is 10. The molecule has 1 saturated heterocycles. The van der Waals surface area contributed by atoms with E-state index >= 15 is 0 Å². The minimum Gasteiger partial charge on any atom is -0.378 e. The van der Waals surface area contributed by atoms with Crippen molar-refractivity contribution >= 4 is 47.4 Å². The largest absolute Gasteiger partial charge is 0.378 e. The fourth-order valence-electron chi connectivity index (χ4n) is 3.09. The maximum atomic E-state index is 11.5. The minimum absolute atomic E-state index is 0.0775. The van der Waals surface area contributed by atoms with Crippen LogP contribution in [0, 0.1) is 0 Å². The molecule has 0 saturated carbocycles. The Balaban J connectivity index is 1.77. The molecule has 2 N–H and O–H groups in total. The molecular formula is C18H24ClN9O3. The van der Waals surface area contributed by atoms with Gasteiger partial charge in [0.2, 0.25) is 5.28 Å². The number of imidazole rings is 1. The Morgan fingerprint density at radius 2 is 2.13 bits per heavy atom. The number of aryl methyl sites for hydroxylation is 1. The van der Waals surface area contributed by atoms with Crippen LogP contribution in [-0.2, 0) is 23.1 Å². The summed E-state index contributed by atoms with van der Waals surface area (Å²) >= 11 is 6.17. The number of hydroxylamine groups is 1. The summed E-state index contributed by atoms with van der Waals surface area (Å²) in [5.74, 6) is 0.734. The molecule has 3 rings (SSSR count). The summed E-state index contributed by atoms with van der Waals surface area (Å²) in [5, 5.41) is 8.92. The first kappa shape index (κ1) is 22.7. The predicted octanol–water partition coefficient (Wildman–Crippen LogP) is 0.403. The number of rotatable bonds is 8. The number of hydrogen-bond donors (Lipinski definition) is 2. The Kier molecular flexibility index (Phi) is 7.63. The van der Waals surface area contributed by atoms with Crippen LogP contribution < -0.4 is 10.4 Å². The second-order valence-corrected chi connectivity index (χ2v) is 7.19. The summed E-state index contributed by atoms with van der Waals surface area (Å²) in [6.45, 7) is 6.69. The fraction of sp³-hybridized carbons (Fsp3) is 0.444. The Bertz CT molecular complexity index is 1010. The molecule has 0 radical (unpaired) electrons. The standard InChI is InChI=1S/C18H24ClN9O3/c1-20-8-12(17(29)25-30)9-21-11-26(2)10-13-22-14-15(27(13)3)23-18(19)24-16(14)28-4-6-31-7-5-28/h8-9,30H,1,4-7,10-11H2,2-3H3,(H,25,29)/b12-8+,21-9-. The molecule has 166 valence electrons. The van der Waals surface area contributed by atoms with Gasteiger partial charge in [-0.05, 0) is 25.4 Å². The number of aromatic nitrogens is 4. The predicted molar refractivity (Wildman–Crippen MR) is 117 cm³/mol. The Morgan fingerprint density at radius 1 is 1.39 bits per heavy atom. The lowest BCUT2D eigenvalue weighted by molar-refractivity contribution is -0.124. The molecule has 1 aliphatic rings. The number of anilines is 1. The van der Waals surface area contributed by atoms with E-state index in [0.29, 0.717) is 49.8 Å². The highest BCUT2D eigenvalue weighted by atomic mass is 35.5. The third kappa shape index (κ3) is 5.41. The monoisotopic (exact) mass is 449 g/mol. The molecule has 12 nitrogen and oxygen atoms in total. The van der Waals surface area contributed by atoms with Crippen LogP contribution in [0.1, 0.15) is 5.82 Å². The minimum atomic E-state index is -0.722. The molecule has 0 bridgehead atoms. The smallest absolute Gasteiger partial charge is 0.277 e. The van der Waals surface area contributed by atoms with Crippen molar-refractivity contribution in [1.29, 1.82) is 0 Å². The van der Waals surface area contributed by atoms with Crippen molar-refractivity contribution in [3.05, 3.63) is 22.9 Å². The number of fused-ring (bicyclic) bond motifs is 1. The summed E-state index contributed by atoms with van der Waals surface area (Å²) in [6.07, 6.45) is 2.52. The van der Waals surface area contributed by atoms with E-state index in [0.717, 1.165) is 5.82 Å². The molecule has 0 atom stereocenters. The van der Waals surface area contributed by atoms with Gasteiger partial charge in [-0.15, -0.1) is 0 Å². The van der Waals surface area contributed by atoms with Gasteiger partial charge in [0.25, 0.3) is 5.91 Å². The van der Waals surface area contributed by atoms with Gasteiger partial charge in [0.1, 0.15) is 5.82 Å². The van der Waals surface area contributed by atoms with Gasteiger partial charge in [-0.3, -0.25) is 24.9 Å². The second-order valence-electron chi connectivity index (χ2n) is 6.85. The highest BCUT2D eigenvalue weighted by molar-refractivity contribution is 6.28. The summed E-state index contributed by atoms with van der Waals surface area (Å²) in [6, 6.07) is 0. The van der Waals surface area contributed by atoms with Crippen molar-refractivity contribution in [3.63, 3.8) is 0 Å². The summed E-state index contributed by atoms with van der Waals surface area (Å²) < 4.78 is 7.29. The maximum Gasteiger partial charge on any atom is 0.277 e. The molecule has 3 heterocycles. The van der Waals surface area contributed by atoms with Crippen LogP contribution >= 0.6 is 11.6 Å². The van der Waals surface area contributed by atoms with Crippen LogP contribution in [0.3, 0.4) is 0 Å². The SMILES string of the molecule is C=N/C=C(\C=N/CN(C)Cc1nc2c(N3CCOCC3)nc(Cl)nc2n1C)C(=O)NO. The van der Waals surface area contributed by atoms with Gasteiger partial charge in [0.15, 0.2) is 17.0 Å². The molecule has 13 heteroatoms. The van der Waals surface area contributed by atoms with Crippen molar-refractivity contribution in [1.82, 2.24) is 29.9 Å². The first-order chi connectivity index (χ1) is 14.9. The number of carbonyl (C=O) groups excluding carboxylic acids is 1. The second kappa shape index (κ2) is 10.4. The van der Waals surface area contributed by atoms with Gasteiger partial charge in [-0.2, -0.15) is 9.97 Å². The molecule has 2 aromatic rings. The first-order valence-electron chi connectivity index (χ1n) is 9.45. The van der Waals surface area contributed by atoms with Gasteiger partial charge in [0, 0.05) is 32.6 Å². The van der Waals surface area contributed by atoms with Crippen molar-refractivity contribution in [3.8, 4) is 0 Å². The van der Waals surface area contributed by atoms with Crippen LogP contribution in [-0.4, -0.2) is 88.5 Å². The molecule has 31 heavy (non-hydrogen) atoms. The molecule has 2 aromatic heterocycles. The molecule has 0 aromatic carbocycles. The van der Waals surface area contributed by atoms with Crippen LogP contribution in [0.4, 0.5) is 5.82 Å². The van der Waals surface area contributed by atoms with Gasteiger partial charge in [0.05, 0.1) is 32.0 Å². The Hall–Kier alpha value is -2.93. The molecule has 0 aliphatic carbocycles. The maximum absolute atomic E-state index is 11.5. The number of ether oxygens (including phenoxy) is 1. The highest BCUT2D eigenvalue weighted by Gasteiger charge is 2.22. The zero-order valence-corrected chi connectivity index (χ0v) is 18.1. The van der Waals surface area contributed by atoms with E-state index in [4.69, 9.17) is 26.5 Å². The van der Waals surface area contributed by atoms with E-state index in [1.807, 2.05) is 23.6 Å². The molecular weight excluding hydrogens is 426 g/mol. The van der Waals surface area contributed by atoms with E-state index in [2.05, 4.69) is 31.6 Å². The van der Waals surface area contributed by atoms with Crippen LogP contribution in [0.25, 0.3) is 11.2 Å². The van der Waals surface area contributed by atoms with Crippen molar-refractivity contribution in [2.24, 2.45) is 17.0 Å². The number of carbonyl (C=O) groups is 1. The first-order valence-corrected chi connectivity index (χ1v) is 9.82. The van der Waals surface area contributed by atoms with Gasteiger partial charge >= 0.3 is 0 Å². The third-order valence-electron chi connectivity index (χ3n) is 4.64. The van der Waals surface area contributed by atoms with Crippen LogP contribution in [0.2, 0.25) is 5.28 Å². The lowest BCUT2D eigenvalue weighted by Gasteiger charge is -2.27. The summed E-state index contributed by atoms with van der Waals surface area (Å²) in [7, 11) is 3.73. The van der Waals surface area contributed by atoms with E-state index in [1.165, 1.54) is 17.9 Å². The quantitative estimate of drug-likeness (QED) is 0.194. The lowest BCUT2D eigenvalue weighted by atomic mass is 10.3.